The molecule has 0 bridgehead atoms. The van der Waals surface area contributed by atoms with Crippen molar-refractivity contribution in [3.8, 4) is 0 Å². The third-order valence-corrected chi connectivity index (χ3v) is 9.58. The first-order valence-corrected chi connectivity index (χ1v) is 16.4. The van der Waals surface area contributed by atoms with E-state index < -0.39 is 5.66 Å². The number of halogens is 2. The van der Waals surface area contributed by atoms with Gasteiger partial charge in [0, 0.05) is 33.5 Å². The van der Waals surface area contributed by atoms with Crippen LogP contribution in [-0.2, 0) is 11.3 Å². The number of hydrogen-bond donors (Lipinski definition) is 1. The molecule has 240 valence electrons. The van der Waals surface area contributed by atoms with Gasteiger partial charge < -0.3 is 15.3 Å². The number of hydrogen-bond acceptors (Lipinski definition) is 6. The lowest BCUT2D eigenvalue weighted by atomic mass is 9.69. The fraction of sp³-hybridized carbons (Fsp3) is 0.529. The molecule has 2 heterocycles. The minimum Gasteiger partial charge on any atom is -0.348 e. The highest BCUT2D eigenvalue weighted by molar-refractivity contribution is 6.47. The number of rotatable bonds is 8. The van der Waals surface area contributed by atoms with E-state index in [2.05, 4.69) is 67.5 Å². The van der Waals surface area contributed by atoms with Crippen LogP contribution in [0.2, 0.25) is 10.0 Å². The molecule has 1 atom stereocenters. The highest BCUT2D eigenvalue weighted by Crippen LogP contribution is 2.50. The van der Waals surface area contributed by atoms with Gasteiger partial charge in [-0.05, 0) is 91.2 Å². The van der Waals surface area contributed by atoms with Crippen LogP contribution in [0, 0.1) is 16.7 Å². The predicted octanol–water partition coefficient (Wildman–Crippen LogP) is 7.20. The molecule has 0 saturated heterocycles. The summed E-state index contributed by atoms with van der Waals surface area (Å²) in [7, 11) is 0. The van der Waals surface area contributed by atoms with Crippen molar-refractivity contribution in [1.82, 2.24) is 30.8 Å². The van der Waals surface area contributed by atoms with E-state index in [1.54, 1.807) is 30.3 Å². The van der Waals surface area contributed by atoms with Crippen molar-refractivity contribution in [2.45, 2.75) is 98.3 Å². The van der Waals surface area contributed by atoms with Gasteiger partial charge in [-0.1, -0.05) is 76.9 Å². The van der Waals surface area contributed by atoms with E-state index in [1.165, 1.54) is 0 Å². The molecule has 1 aliphatic heterocycles. The Bertz CT molecular complexity index is 1530. The molecule has 1 spiro atoms. The zero-order valence-corrected chi connectivity index (χ0v) is 28.4. The van der Waals surface area contributed by atoms with Crippen molar-refractivity contribution < 1.29 is 9.59 Å². The molecule has 45 heavy (non-hydrogen) atoms. The van der Waals surface area contributed by atoms with E-state index in [-0.39, 0.29) is 35.2 Å². The van der Waals surface area contributed by atoms with Gasteiger partial charge in [0.05, 0.1) is 6.04 Å². The number of benzene rings is 2. The van der Waals surface area contributed by atoms with Crippen LogP contribution in [0.25, 0.3) is 0 Å². The molecule has 3 aromatic rings. The summed E-state index contributed by atoms with van der Waals surface area (Å²) >= 11 is 12.8. The van der Waals surface area contributed by atoms with Crippen LogP contribution < -0.4 is 10.4 Å². The van der Waals surface area contributed by atoms with E-state index in [0.29, 0.717) is 38.6 Å². The zero-order valence-electron chi connectivity index (χ0n) is 26.9. The Balaban J connectivity index is 1.51. The largest absolute Gasteiger partial charge is 0.348 e. The molecule has 0 unspecified atom stereocenters. The van der Waals surface area contributed by atoms with Crippen molar-refractivity contribution in [1.29, 1.82) is 0 Å². The van der Waals surface area contributed by atoms with Crippen LogP contribution >= 0.6 is 23.2 Å². The lowest BCUT2D eigenvalue weighted by molar-refractivity contribution is -0.134. The number of aromatic nitrogens is 4. The third-order valence-electron chi connectivity index (χ3n) is 9.14. The maximum atomic E-state index is 14.6. The highest BCUT2D eigenvalue weighted by Gasteiger charge is 2.52. The second-order valence-corrected chi connectivity index (χ2v) is 15.5. The Labute approximate surface area is 275 Å². The first-order chi connectivity index (χ1) is 21.1. The Hall–Kier alpha value is -3.30. The molecule has 1 saturated carbocycles. The van der Waals surface area contributed by atoms with Crippen molar-refractivity contribution in [3.63, 3.8) is 0 Å². The quantitative estimate of drug-likeness (QED) is 0.276. The van der Waals surface area contributed by atoms with E-state index in [9.17, 15) is 9.59 Å². The molecule has 2 amide bonds. The highest BCUT2D eigenvalue weighted by atomic mass is 35.5. The number of nitrogens with one attached hydrogen (secondary N) is 1. The molecular formula is C34H42Cl2N7O2-. The first kappa shape index (κ1) is 33.1. The topological polar surface area (TPSA) is 115 Å². The van der Waals surface area contributed by atoms with Gasteiger partial charge in [-0.3, -0.25) is 24.9 Å². The summed E-state index contributed by atoms with van der Waals surface area (Å²) in [4.78, 5) is 34.8. The van der Waals surface area contributed by atoms with Crippen LogP contribution in [0.15, 0.2) is 47.5 Å². The molecule has 1 aliphatic carbocycles. The van der Waals surface area contributed by atoms with Crippen molar-refractivity contribution in [2.75, 3.05) is 0 Å². The second-order valence-electron chi connectivity index (χ2n) is 14.6. The number of carbonyl (C=O) groups is 2. The first-order valence-electron chi connectivity index (χ1n) is 15.6. The van der Waals surface area contributed by atoms with Gasteiger partial charge in [0.2, 0.25) is 0 Å². The molecule has 2 aliphatic rings. The van der Waals surface area contributed by atoms with Gasteiger partial charge >= 0.3 is 0 Å². The van der Waals surface area contributed by atoms with Gasteiger partial charge in [0.15, 0.2) is 0 Å². The molecule has 0 radical (unpaired) electrons. The molecule has 1 N–H and O–H groups in total. The Kier molecular flexibility index (Phi) is 9.43. The number of amides is 2. The van der Waals surface area contributed by atoms with Crippen LogP contribution in [0.5, 0.6) is 0 Å². The second kappa shape index (κ2) is 12.8. The van der Waals surface area contributed by atoms with E-state index in [1.807, 2.05) is 17.0 Å². The number of nitrogens with zero attached hydrogens (tertiary/aromatic N) is 6. The standard InChI is InChI=1S/C34H43Cl2N7O2/c1-32(2,3)14-13-27(21-7-9-22(10-8-21)30(44)37-20-28-39-41-42-40-28)43-31(45)29(23-17-25(35)19-26(36)18-23)38-34(43)15-11-24(12-16-34)33(4,5)6/h7-10,17-19,24,27H,11-16,20H2,1-6H3,(H2,37,39,40,41,42,44)/p-1/t24?,27-,34?/m1/s1. The average Bonchev–Trinajstić information content (AvgIpc) is 3.58. The van der Waals surface area contributed by atoms with Crippen molar-refractivity contribution >= 4 is 40.7 Å². The Morgan fingerprint density at radius 2 is 1.69 bits per heavy atom. The molecule has 5 rings (SSSR count). The lowest BCUT2D eigenvalue weighted by Crippen LogP contribution is -2.51. The predicted molar refractivity (Wildman–Crippen MR) is 176 cm³/mol. The number of tetrazole rings is 1. The average molecular weight is 652 g/mol. The SMILES string of the molecule is CC(C)(C)CC[C@H](c1ccc(C(=O)NCc2nnn[n-]2)cc1)N1C(=O)C(c2cc(Cl)cc(Cl)c2)=NC12CCC(C(C)(C)C)CC2. The van der Waals surface area contributed by atoms with Crippen molar-refractivity contribution in [3.05, 3.63) is 75.0 Å². The van der Waals surface area contributed by atoms with Gasteiger partial charge in [0.1, 0.15) is 11.4 Å². The fourth-order valence-corrected chi connectivity index (χ4v) is 7.11. The lowest BCUT2D eigenvalue weighted by Gasteiger charge is -2.47. The molecule has 11 heteroatoms. The van der Waals surface area contributed by atoms with Gasteiger partial charge in [0.25, 0.3) is 11.8 Å². The maximum Gasteiger partial charge on any atom is 0.275 e. The van der Waals surface area contributed by atoms with E-state index in [4.69, 9.17) is 28.2 Å². The summed E-state index contributed by atoms with van der Waals surface area (Å²) in [5.74, 6) is 0.518. The number of carbonyl (C=O) groups excluding carboxylic acids is 2. The zero-order chi connectivity index (χ0) is 32.6. The smallest absolute Gasteiger partial charge is 0.275 e. The van der Waals surface area contributed by atoms with Gasteiger partial charge in [-0.15, -0.1) is 0 Å². The molecular weight excluding hydrogens is 609 g/mol. The van der Waals surface area contributed by atoms with Gasteiger partial charge in [-0.25, -0.2) is 0 Å². The monoisotopic (exact) mass is 650 g/mol. The molecule has 9 nitrogen and oxygen atoms in total. The maximum absolute atomic E-state index is 14.6. The van der Waals surface area contributed by atoms with Crippen LogP contribution in [-0.4, -0.2) is 43.6 Å². The van der Waals surface area contributed by atoms with Gasteiger partial charge in [-0.2, -0.15) is 5.21 Å². The van der Waals surface area contributed by atoms with Crippen LogP contribution in [0.4, 0.5) is 0 Å². The molecule has 1 fully saturated rings. The molecule has 1 aromatic heterocycles. The molecule has 2 aromatic carbocycles. The van der Waals surface area contributed by atoms with E-state index in [0.717, 1.165) is 44.1 Å². The van der Waals surface area contributed by atoms with Crippen molar-refractivity contribution in [2.24, 2.45) is 21.7 Å². The fourth-order valence-electron chi connectivity index (χ4n) is 6.59. The summed E-state index contributed by atoms with van der Waals surface area (Å²) in [5.41, 5.74) is 2.06. The number of aliphatic imine (C=N–C) groups is 1. The van der Waals surface area contributed by atoms with Crippen LogP contribution in [0.3, 0.4) is 0 Å². The summed E-state index contributed by atoms with van der Waals surface area (Å²) < 4.78 is 0. The van der Waals surface area contributed by atoms with Crippen LogP contribution in [0.1, 0.15) is 113 Å². The summed E-state index contributed by atoms with van der Waals surface area (Å²) in [6.07, 6.45) is 5.15. The normalized spacial score (nSPS) is 21.2. The van der Waals surface area contributed by atoms with E-state index >= 15 is 0 Å². The Morgan fingerprint density at radius 3 is 2.24 bits per heavy atom. The Morgan fingerprint density at radius 1 is 1.04 bits per heavy atom. The summed E-state index contributed by atoms with van der Waals surface area (Å²) in [5, 5.41) is 18.2. The minimum atomic E-state index is -0.677. The third kappa shape index (κ3) is 7.58. The minimum absolute atomic E-state index is 0.0503. The summed E-state index contributed by atoms with van der Waals surface area (Å²) in [6, 6.07) is 12.5. The summed E-state index contributed by atoms with van der Waals surface area (Å²) in [6.45, 7) is 13.7.